The van der Waals surface area contributed by atoms with E-state index in [9.17, 15) is 13.2 Å². The van der Waals surface area contributed by atoms with E-state index in [0.717, 1.165) is 5.56 Å². The predicted molar refractivity (Wildman–Crippen MR) is 115 cm³/mol. The molecule has 1 atom stereocenters. The van der Waals surface area contributed by atoms with E-state index in [0.29, 0.717) is 37.5 Å². The number of sulfonamides is 1. The number of rotatable bonds is 10. The molecular formula is C21H34N2O6S. The van der Waals surface area contributed by atoms with E-state index in [1.165, 1.54) is 12.0 Å². The van der Waals surface area contributed by atoms with Gasteiger partial charge in [0.2, 0.25) is 10.0 Å². The van der Waals surface area contributed by atoms with Crippen molar-refractivity contribution < 1.29 is 27.5 Å². The highest BCUT2D eigenvalue weighted by Gasteiger charge is 2.40. The Morgan fingerprint density at radius 2 is 1.97 bits per heavy atom. The molecule has 0 saturated carbocycles. The molecule has 2 rings (SSSR count). The molecule has 9 heteroatoms. The van der Waals surface area contributed by atoms with Gasteiger partial charge in [-0.05, 0) is 45.4 Å². The van der Waals surface area contributed by atoms with E-state index in [4.69, 9.17) is 14.3 Å². The van der Waals surface area contributed by atoms with Gasteiger partial charge in [0.05, 0.1) is 24.9 Å². The fourth-order valence-electron chi connectivity index (χ4n) is 3.55. The molecule has 1 amide bonds. The van der Waals surface area contributed by atoms with Gasteiger partial charge in [0.25, 0.3) is 5.91 Å². The summed E-state index contributed by atoms with van der Waals surface area (Å²) >= 11 is 0. The van der Waals surface area contributed by atoms with Gasteiger partial charge in [0.15, 0.2) is 5.75 Å². The Kier molecular flexibility index (Phi) is 8.13. The van der Waals surface area contributed by atoms with Crippen LogP contribution in [0.25, 0.3) is 0 Å². The average molecular weight is 443 g/mol. The fourth-order valence-corrected chi connectivity index (χ4v) is 4.92. The van der Waals surface area contributed by atoms with Gasteiger partial charge in [-0.25, -0.2) is 8.42 Å². The Hall–Kier alpha value is -1.84. The van der Waals surface area contributed by atoms with Crippen LogP contribution in [0.15, 0.2) is 18.2 Å². The lowest BCUT2D eigenvalue weighted by atomic mass is 9.89. The minimum absolute atomic E-state index is 0.0332. The van der Waals surface area contributed by atoms with E-state index >= 15 is 0 Å². The van der Waals surface area contributed by atoms with Gasteiger partial charge in [0.1, 0.15) is 11.4 Å². The Bertz CT molecular complexity index is 840. The van der Waals surface area contributed by atoms with Crippen LogP contribution < -0.4 is 9.57 Å². The van der Waals surface area contributed by atoms with Crippen LogP contribution in [0.3, 0.4) is 0 Å². The zero-order valence-electron chi connectivity index (χ0n) is 18.8. The normalized spacial score (nSPS) is 17.9. The molecule has 0 fully saturated rings. The van der Waals surface area contributed by atoms with Crippen molar-refractivity contribution >= 4 is 15.9 Å². The number of carbonyl (C=O) groups is 1. The Balaban J connectivity index is 2.46. The molecule has 1 unspecified atom stereocenters. The van der Waals surface area contributed by atoms with Crippen molar-refractivity contribution in [3.8, 4) is 11.5 Å². The molecule has 0 N–H and O–H groups in total. The highest BCUT2D eigenvalue weighted by molar-refractivity contribution is 7.89. The Morgan fingerprint density at radius 3 is 2.53 bits per heavy atom. The first-order valence-corrected chi connectivity index (χ1v) is 11.9. The van der Waals surface area contributed by atoms with Gasteiger partial charge in [-0.1, -0.05) is 6.92 Å². The third kappa shape index (κ3) is 5.86. The van der Waals surface area contributed by atoms with E-state index in [1.54, 1.807) is 36.5 Å². The summed E-state index contributed by atoms with van der Waals surface area (Å²) in [6.45, 7) is 9.99. The van der Waals surface area contributed by atoms with Crippen molar-refractivity contribution in [2.75, 3.05) is 32.6 Å². The second kappa shape index (κ2) is 9.98. The monoisotopic (exact) mass is 442 g/mol. The highest BCUT2D eigenvalue weighted by Crippen LogP contribution is 2.45. The molecule has 1 aliphatic heterocycles. The molecule has 0 aliphatic carbocycles. The van der Waals surface area contributed by atoms with Crippen LogP contribution >= 0.6 is 0 Å². The van der Waals surface area contributed by atoms with Crippen molar-refractivity contribution in [1.29, 1.82) is 0 Å². The first kappa shape index (κ1) is 24.4. The van der Waals surface area contributed by atoms with Crippen LogP contribution in [-0.4, -0.2) is 61.9 Å². The summed E-state index contributed by atoms with van der Waals surface area (Å²) in [6, 6.07) is 4.89. The van der Waals surface area contributed by atoms with Crippen molar-refractivity contribution in [3.63, 3.8) is 0 Å². The lowest BCUT2D eigenvalue weighted by Crippen LogP contribution is -2.44. The molecule has 0 aromatic heterocycles. The van der Waals surface area contributed by atoms with E-state index < -0.39 is 15.6 Å². The van der Waals surface area contributed by atoms with Gasteiger partial charge >= 0.3 is 0 Å². The van der Waals surface area contributed by atoms with Crippen LogP contribution in [0.2, 0.25) is 0 Å². The quantitative estimate of drug-likeness (QED) is 0.518. The van der Waals surface area contributed by atoms with Crippen molar-refractivity contribution in [2.24, 2.45) is 0 Å². The van der Waals surface area contributed by atoms with Crippen molar-refractivity contribution in [2.45, 2.75) is 59.1 Å². The smallest absolute Gasteiger partial charge is 0.252 e. The standard InChI is InChI=1S/C21H34N2O6S/c1-7-11-23(30(25,26)8-2)19-15-21(4,5)28-20-10-9-17(14-18(19)20)29-22(16(3)24)12-13-27-6/h9-10,14,19H,7-8,11-13,15H2,1-6H3. The first-order chi connectivity index (χ1) is 14.0. The van der Waals surface area contributed by atoms with E-state index in [2.05, 4.69) is 0 Å². The lowest BCUT2D eigenvalue weighted by Gasteiger charge is -2.42. The van der Waals surface area contributed by atoms with Gasteiger partial charge in [-0.2, -0.15) is 9.37 Å². The van der Waals surface area contributed by atoms with Crippen LogP contribution in [0.5, 0.6) is 11.5 Å². The van der Waals surface area contributed by atoms with Gasteiger partial charge < -0.3 is 14.3 Å². The molecular weight excluding hydrogens is 408 g/mol. The van der Waals surface area contributed by atoms with E-state index in [-0.39, 0.29) is 24.2 Å². The zero-order chi connectivity index (χ0) is 22.5. The molecule has 1 aliphatic rings. The molecule has 30 heavy (non-hydrogen) atoms. The summed E-state index contributed by atoms with van der Waals surface area (Å²) in [5.41, 5.74) is 0.228. The maximum absolute atomic E-state index is 12.9. The number of methoxy groups -OCH3 is 1. The SMILES string of the molecule is CCCN(C1CC(C)(C)Oc2ccc(ON(CCOC)C(C)=O)cc21)S(=O)(=O)CC. The minimum Gasteiger partial charge on any atom is -0.487 e. The number of fused-ring (bicyclic) bond motifs is 1. The highest BCUT2D eigenvalue weighted by atomic mass is 32.2. The van der Waals surface area contributed by atoms with Crippen LogP contribution in [0, 0.1) is 0 Å². The number of hydrogen-bond acceptors (Lipinski definition) is 6. The second-order valence-corrected chi connectivity index (χ2v) is 10.2. The fraction of sp³-hybridized carbons (Fsp3) is 0.667. The minimum atomic E-state index is -3.42. The molecule has 1 aromatic carbocycles. The number of hydroxylamine groups is 2. The largest absolute Gasteiger partial charge is 0.487 e. The summed E-state index contributed by atoms with van der Waals surface area (Å²) in [5.74, 6) is 0.853. The molecule has 0 bridgehead atoms. The zero-order valence-corrected chi connectivity index (χ0v) is 19.6. The molecule has 1 aromatic rings. The molecule has 170 valence electrons. The maximum Gasteiger partial charge on any atom is 0.252 e. The maximum atomic E-state index is 12.9. The van der Waals surface area contributed by atoms with Crippen LogP contribution in [-0.2, 0) is 19.6 Å². The second-order valence-electron chi connectivity index (χ2n) is 8.00. The third-order valence-corrected chi connectivity index (χ3v) is 6.87. The number of amides is 1. The third-order valence-electron chi connectivity index (χ3n) is 4.99. The number of carbonyl (C=O) groups excluding carboxylic acids is 1. The first-order valence-electron chi connectivity index (χ1n) is 10.3. The summed E-state index contributed by atoms with van der Waals surface area (Å²) in [7, 11) is -1.87. The molecule has 1 heterocycles. The number of hydrogen-bond donors (Lipinski definition) is 0. The molecule has 8 nitrogen and oxygen atoms in total. The van der Waals surface area contributed by atoms with Crippen LogP contribution in [0.4, 0.5) is 0 Å². The topological polar surface area (TPSA) is 85.4 Å². The summed E-state index contributed by atoms with van der Waals surface area (Å²) < 4.78 is 38.5. The predicted octanol–water partition coefficient (Wildman–Crippen LogP) is 3.14. The van der Waals surface area contributed by atoms with Gasteiger partial charge in [0, 0.05) is 32.6 Å². The van der Waals surface area contributed by atoms with Crippen LogP contribution in [0.1, 0.15) is 59.1 Å². The number of nitrogens with zero attached hydrogens (tertiary/aromatic N) is 2. The van der Waals surface area contributed by atoms with Gasteiger partial charge in [-0.3, -0.25) is 4.79 Å². The summed E-state index contributed by atoms with van der Waals surface area (Å²) in [6.07, 6.45) is 1.22. The van der Waals surface area contributed by atoms with Crippen molar-refractivity contribution in [1.82, 2.24) is 9.37 Å². The summed E-state index contributed by atoms with van der Waals surface area (Å²) in [4.78, 5) is 17.7. The lowest BCUT2D eigenvalue weighted by molar-refractivity contribution is -0.156. The van der Waals surface area contributed by atoms with Gasteiger partial charge in [-0.15, -0.1) is 0 Å². The number of ether oxygens (including phenoxy) is 2. The molecule has 0 spiro atoms. The molecule has 0 saturated heterocycles. The molecule has 0 radical (unpaired) electrons. The van der Waals surface area contributed by atoms with Crippen molar-refractivity contribution in [3.05, 3.63) is 23.8 Å². The van der Waals surface area contributed by atoms with E-state index in [1.807, 2.05) is 20.8 Å². The summed E-state index contributed by atoms with van der Waals surface area (Å²) in [5, 5.41) is 1.22. The Morgan fingerprint density at radius 1 is 1.27 bits per heavy atom. The number of benzene rings is 1. The Labute approximate surface area is 180 Å². The average Bonchev–Trinajstić information content (AvgIpc) is 2.68.